The molecule has 0 amide bonds. The molecule has 5 nitrogen and oxygen atoms in total. The van der Waals surface area contributed by atoms with Gasteiger partial charge >= 0.3 is 0 Å². The van der Waals surface area contributed by atoms with Crippen molar-refractivity contribution in [2.45, 2.75) is 26.9 Å². The van der Waals surface area contributed by atoms with Crippen LogP contribution in [-0.2, 0) is 23.1 Å². The molecule has 0 aliphatic rings. The molecule has 27 heavy (non-hydrogen) atoms. The summed E-state index contributed by atoms with van der Waals surface area (Å²) >= 11 is 0. The summed E-state index contributed by atoms with van der Waals surface area (Å²) in [5.74, 6) is -0.418. The molecule has 3 aromatic rings. The third kappa shape index (κ3) is 3.60. The van der Waals surface area contributed by atoms with Crippen LogP contribution in [0.25, 0.3) is 10.9 Å². The van der Waals surface area contributed by atoms with Gasteiger partial charge < -0.3 is 4.57 Å². The third-order valence-corrected chi connectivity index (χ3v) is 5.88. The largest absolute Gasteiger partial charge is 0.339 e. The number of pyridine rings is 1. The number of sulfonamides is 1. The van der Waals surface area contributed by atoms with Gasteiger partial charge in [-0.3, -0.25) is 9.29 Å². The smallest absolute Gasteiger partial charge is 0.232 e. The molecular formula is C20H22FN3O2S. The zero-order valence-electron chi connectivity index (χ0n) is 15.6. The molecule has 0 spiro atoms. The number of hydrogen-bond donors (Lipinski definition) is 0. The second kappa shape index (κ2) is 7.15. The maximum absolute atomic E-state index is 13.3. The van der Waals surface area contributed by atoms with Crippen LogP contribution in [0, 0.1) is 19.7 Å². The van der Waals surface area contributed by atoms with Crippen molar-refractivity contribution in [1.82, 2.24) is 9.55 Å². The topological polar surface area (TPSA) is 55.2 Å². The summed E-state index contributed by atoms with van der Waals surface area (Å²) in [4.78, 5) is 4.47. The molecule has 0 saturated heterocycles. The summed E-state index contributed by atoms with van der Waals surface area (Å²) < 4.78 is 41.4. The number of fused-ring (bicyclic) bond motifs is 1. The normalized spacial score (nSPS) is 11.7. The van der Waals surface area contributed by atoms with E-state index in [9.17, 15) is 12.8 Å². The van der Waals surface area contributed by atoms with Gasteiger partial charge in [0.15, 0.2) is 0 Å². The molecule has 0 bridgehead atoms. The second-order valence-electron chi connectivity index (χ2n) is 6.51. The zero-order chi connectivity index (χ0) is 19.8. The Balaban J connectivity index is 2.17. The van der Waals surface area contributed by atoms with E-state index in [0.29, 0.717) is 17.9 Å². The minimum Gasteiger partial charge on any atom is -0.339 e. The van der Waals surface area contributed by atoms with Gasteiger partial charge in [-0.1, -0.05) is 6.08 Å². The van der Waals surface area contributed by atoms with E-state index in [0.717, 1.165) is 28.4 Å². The Morgan fingerprint density at radius 2 is 1.89 bits per heavy atom. The number of aryl methyl sites for hydroxylation is 1. The molecule has 2 heterocycles. The number of nitrogens with zero attached hydrogens (tertiary/aromatic N) is 3. The van der Waals surface area contributed by atoms with E-state index in [2.05, 4.69) is 16.1 Å². The Kier molecular flexibility index (Phi) is 5.06. The van der Waals surface area contributed by atoms with E-state index in [1.165, 1.54) is 28.6 Å². The van der Waals surface area contributed by atoms with Crippen LogP contribution < -0.4 is 4.31 Å². The number of rotatable bonds is 6. The highest BCUT2D eigenvalue weighted by Crippen LogP contribution is 2.29. The van der Waals surface area contributed by atoms with E-state index >= 15 is 0 Å². The molecule has 7 heteroatoms. The standard InChI is InChI=1S/C20H22FN3O2S/c1-5-12-23-15(3)14(2)18-10-11-22-19(20(18)23)13-24(27(4,25)26)17-8-6-16(21)7-9-17/h5-11H,1,12-13H2,2-4H3. The third-order valence-electron chi connectivity index (χ3n) is 4.74. The maximum Gasteiger partial charge on any atom is 0.232 e. The van der Waals surface area contributed by atoms with Crippen molar-refractivity contribution >= 4 is 26.6 Å². The number of hydrogen-bond acceptors (Lipinski definition) is 3. The SMILES string of the molecule is C=CCn1c(C)c(C)c2ccnc(CN(c3ccc(F)cc3)S(C)(=O)=O)c21. The first-order chi connectivity index (χ1) is 12.7. The summed E-state index contributed by atoms with van der Waals surface area (Å²) in [5, 5.41) is 1.03. The molecule has 3 rings (SSSR count). The van der Waals surface area contributed by atoms with Crippen LogP contribution >= 0.6 is 0 Å². The van der Waals surface area contributed by atoms with Gasteiger partial charge in [0.1, 0.15) is 5.82 Å². The predicted molar refractivity (Wildman–Crippen MR) is 107 cm³/mol. The lowest BCUT2D eigenvalue weighted by molar-refractivity contribution is 0.595. The molecule has 0 aliphatic heterocycles. The summed E-state index contributed by atoms with van der Waals surface area (Å²) in [6.45, 7) is 8.54. The lowest BCUT2D eigenvalue weighted by atomic mass is 10.1. The molecule has 0 atom stereocenters. The van der Waals surface area contributed by atoms with E-state index in [4.69, 9.17) is 0 Å². The van der Waals surface area contributed by atoms with Crippen molar-refractivity contribution < 1.29 is 12.8 Å². The van der Waals surface area contributed by atoms with Crippen LogP contribution in [0.15, 0.2) is 49.2 Å². The highest BCUT2D eigenvalue weighted by Gasteiger charge is 2.22. The van der Waals surface area contributed by atoms with Crippen LogP contribution in [0.1, 0.15) is 17.0 Å². The second-order valence-corrected chi connectivity index (χ2v) is 8.42. The van der Waals surface area contributed by atoms with Crippen LogP contribution in [0.5, 0.6) is 0 Å². The van der Waals surface area contributed by atoms with Crippen LogP contribution in [0.3, 0.4) is 0 Å². The average Bonchev–Trinajstić information content (AvgIpc) is 2.86. The molecule has 0 N–H and O–H groups in total. The Morgan fingerprint density at radius 1 is 1.22 bits per heavy atom. The van der Waals surface area contributed by atoms with Crippen molar-refractivity contribution in [2.75, 3.05) is 10.6 Å². The van der Waals surface area contributed by atoms with Gasteiger partial charge in [-0.15, -0.1) is 6.58 Å². The highest BCUT2D eigenvalue weighted by atomic mass is 32.2. The van der Waals surface area contributed by atoms with Gasteiger partial charge in [0.05, 0.1) is 29.7 Å². The minimum atomic E-state index is -3.58. The van der Waals surface area contributed by atoms with Crippen molar-refractivity contribution in [3.8, 4) is 0 Å². The molecule has 0 unspecified atom stereocenters. The first-order valence-electron chi connectivity index (χ1n) is 8.51. The van der Waals surface area contributed by atoms with Crippen molar-refractivity contribution in [3.63, 3.8) is 0 Å². The van der Waals surface area contributed by atoms with Gasteiger partial charge in [0.25, 0.3) is 0 Å². The van der Waals surface area contributed by atoms with Crippen LogP contribution in [0.2, 0.25) is 0 Å². The van der Waals surface area contributed by atoms with Gasteiger partial charge in [0, 0.05) is 23.8 Å². The van der Waals surface area contributed by atoms with Gasteiger partial charge in [-0.05, 0) is 49.7 Å². The first-order valence-corrected chi connectivity index (χ1v) is 10.4. The Labute approximate surface area is 158 Å². The van der Waals surface area contributed by atoms with E-state index in [1.807, 2.05) is 19.9 Å². The number of halogens is 1. The van der Waals surface area contributed by atoms with Crippen molar-refractivity contribution in [3.05, 3.63) is 72.0 Å². The lowest BCUT2D eigenvalue weighted by Gasteiger charge is -2.23. The molecule has 1 aromatic carbocycles. The van der Waals surface area contributed by atoms with E-state index < -0.39 is 15.8 Å². The number of anilines is 1. The molecule has 0 radical (unpaired) electrons. The van der Waals surface area contributed by atoms with E-state index in [-0.39, 0.29) is 6.54 Å². The maximum atomic E-state index is 13.3. The fourth-order valence-electron chi connectivity index (χ4n) is 3.28. The fraction of sp³-hybridized carbons (Fsp3) is 0.250. The number of aromatic nitrogens is 2. The van der Waals surface area contributed by atoms with Gasteiger partial charge in [-0.25, -0.2) is 12.8 Å². The Bertz CT molecular complexity index is 1100. The quantitative estimate of drug-likeness (QED) is 0.602. The summed E-state index contributed by atoms with van der Waals surface area (Å²) in [6, 6.07) is 7.33. The fourth-order valence-corrected chi connectivity index (χ4v) is 4.14. The number of allylic oxidation sites excluding steroid dienone is 1. The molecule has 142 valence electrons. The molecule has 0 saturated carbocycles. The predicted octanol–water partition coefficient (Wildman–Crippen LogP) is 3.94. The lowest BCUT2D eigenvalue weighted by Crippen LogP contribution is -2.30. The molecule has 2 aromatic heterocycles. The van der Waals surface area contributed by atoms with Gasteiger partial charge in [-0.2, -0.15) is 0 Å². The zero-order valence-corrected chi connectivity index (χ0v) is 16.4. The van der Waals surface area contributed by atoms with Gasteiger partial charge in [0.2, 0.25) is 10.0 Å². The van der Waals surface area contributed by atoms with Crippen LogP contribution in [-0.4, -0.2) is 24.2 Å². The van der Waals surface area contributed by atoms with E-state index in [1.54, 1.807) is 12.3 Å². The monoisotopic (exact) mass is 387 g/mol. The first kappa shape index (κ1) is 19.1. The van der Waals surface area contributed by atoms with Crippen LogP contribution in [0.4, 0.5) is 10.1 Å². The number of benzene rings is 1. The summed E-state index contributed by atoms with van der Waals surface area (Å²) in [5.41, 5.74) is 4.14. The van der Waals surface area contributed by atoms with Crippen molar-refractivity contribution in [2.24, 2.45) is 0 Å². The summed E-state index contributed by atoms with van der Waals surface area (Å²) in [6.07, 6.45) is 4.63. The Hall–Kier alpha value is -2.67. The summed E-state index contributed by atoms with van der Waals surface area (Å²) in [7, 11) is -3.58. The van der Waals surface area contributed by atoms with Crippen molar-refractivity contribution in [1.29, 1.82) is 0 Å². The molecule has 0 fully saturated rings. The molecular weight excluding hydrogens is 365 g/mol. The highest BCUT2D eigenvalue weighted by molar-refractivity contribution is 7.92. The minimum absolute atomic E-state index is 0.0574. The average molecular weight is 387 g/mol. The molecule has 0 aliphatic carbocycles. The Morgan fingerprint density at radius 3 is 2.48 bits per heavy atom.